The maximum atomic E-state index is 12.0. The number of carbonyl (C=O) groups excluding carboxylic acids is 1. The molecule has 1 fully saturated rings. The fourth-order valence-corrected chi connectivity index (χ4v) is 3.35. The zero-order chi connectivity index (χ0) is 16.4. The number of hydrogen-bond donors (Lipinski definition) is 1. The molecule has 2 rings (SSSR count). The molecule has 0 spiro atoms. The lowest BCUT2D eigenvalue weighted by atomic mass is 9.94. The van der Waals surface area contributed by atoms with Crippen molar-refractivity contribution in [3.05, 3.63) is 12.4 Å². The molecule has 124 valence electrons. The van der Waals surface area contributed by atoms with Crippen molar-refractivity contribution >= 4 is 17.9 Å². The van der Waals surface area contributed by atoms with E-state index in [9.17, 15) is 9.90 Å². The first-order chi connectivity index (χ1) is 10.2. The number of carbonyl (C=O) groups is 1. The molecule has 1 saturated heterocycles. The van der Waals surface area contributed by atoms with Crippen LogP contribution in [0.4, 0.5) is 4.79 Å². The van der Waals surface area contributed by atoms with Gasteiger partial charge in [-0.3, -0.25) is 0 Å². The first-order valence-corrected chi connectivity index (χ1v) is 8.48. The van der Waals surface area contributed by atoms with E-state index in [-0.39, 0.29) is 6.09 Å². The molecular weight excluding hydrogens is 302 g/mol. The van der Waals surface area contributed by atoms with Crippen LogP contribution < -0.4 is 0 Å². The number of amides is 1. The average Bonchev–Trinajstić information content (AvgIpc) is 2.81. The summed E-state index contributed by atoms with van der Waals surface area (Å²) < 4.78 is 7.30. The Hall–Kier alpha value is -1.21. The Labute approximate surface area is 135 Å². The minimum atomic E-state index is -0.755. The van der Waals surface area contributed by atoms with E-state index in [1.807, 2.05) is 38.6 Å². The molecule has 1 amide bonds. The molecule has 2 heterocycles. The van der Waals surface area contributed by atoms with E-state index in [0.29, 0.717) is 31.7 Å². The van der Waals surface area contributed by atoms with Gasteiger partial charge in [-0.1, -0.05) is 11.8 Å². The normalized spacial score (nSPS) is 18.3. The molecule has 0 unspecified atom stereocenters. The Morgan fingerprint density at radius 2 is 2.09 bits per heavy atom. The summed E-state index contributed by atoms with van der Waals surface area (Å²) in [5, 5.41) is 11.5. The average molecular weight is 327 g/mol. The number of imidazole rings is 1. The number of thioether (sulfide) groups is 1. The van der Waals surface area contributed by atoms with Crippen LogP contribution in [0, 0.1) is 0 Å². The Morgan fingerprint density at radius 3 is 2.59 bits per heavy atom. The van der Waals surface area contributed by atoms with Crippen LogP contribution in [0.25, 0.3) is 0 Å². The third-order valence-electron chi connectivity index (χ3n) is 3.59. The lowest BCUT2D eigenvalue weighted by Crippen LogP contribution is -2.49. The third-order valence-corrected chi connectivity index (χ3v) is 4.93. The number of hydrogen-bond acceptors (Lipinski definition) is 5. The van der Waals surface area contributed by atoms with Gasteiger partial charge >= 0.3 is 6.09 Å². The molecule has 6 nitrogen and oxygen atoms in total. The van der Waals surface area contributed by atoms with Gasteiger partial charge in [0, 0.05) is 38.3 Å². The minimum absolute atomic E-state index is 0.300. The van der Waals surface area contributed by atoms with Crippen molar-refractivity contribution in [1.82, 2.24) is 14.5 Å². The van der Waals surface area contributed by atoms with Crippen molar-refractivity contribution in [2.24, 2.45) is 7.05 Å². The third kappa shape index (κ3) is 4.64. The van der Waals surface area contributed by atoms with Crippen LogP contribution in [0.15, 0.2) is 17.6 Å². The van der Waals surface area contributed by atoms with E-state index in [1.165, 1.54) is 0 Å². The second-order valence-electron chi connectivity index (χ2n) is 6.80. The van der Waals surface area contributed by atoms with Gasteiger partial charge in [0.1, 0.15) is 5.60 Å². The summed E-state index contributed by atoms with van der Waals surface area (Å²) in [6.07, 6.45) is 4.45. The number of piperidine rings is 1. The van der Waals surface area contributed by atoms with E-state index >= 15 is 0 Å². The molecule has 1 aliphatic heterocycles. The highest BCUT2D eigenvalue weighted by molar-refractivity contribution is 7.99. The summed E-state index contributed by atoms with van der Waals surface area (Å²) >= 11 is 1.55. The zero-order valence-corrected chi connectivity index (χ0v) is 14.5. The standard InChI is InChI=1S/C15H25N3O3S/c1-14(2,3)21-13(19)18-8-5-15(20,6-9-18)11-22-12-16-7-10-17(12)4/h7,10,20H,5-6,8-9,11H2,1-4H3. The summed E-state index contributed by atoms with van der Waals surface area (Å²) in [5.74, 6) is 0.583. The molecule has 0 radical (unpaired) electrons. The summed E-state index contributed by atoms with van der Waals surface area (Å²) in [6.45, 7) is 6.61. The number of aryl methyl sites for hydroxylation is 1. The minimum Gasteiger partial charge on any atom is -0.444 e. The lowest BCUT2D eigenvalue weighted by Gasteiger charge is -2.38. The molecule has 1 aromatic heterocycles. The van der Waals surface area contributed by atoms with Crippen LogP contribution >= 0.6 is 11.8 Å². The Bertz CT molecular complexity index is 516. The number of nitrogens with zero attached hydrogens (tertiary/aromatic N) is 3. The van der Waals surface area contributed by atoms with E-state index in [2.05, 4.69) is 4.98 Å². The van der Waals surface area contributed by atoms with Crippen molar-refractivity contribution in [2.45, 2.75) is 50.0 Å². The van der Waals surface area contributed by atoms with Gasteiger partial charge in [-0.05, 0) is 33.6 Å². The van der Waals surface area contributed by atoms with Gasteiger partial charge < -0.3 is 19.3 Å². The molecule has 22 heavy (non-hydrogen) atoms. The molecule has 0 aromatic carbocycles. The molecule has 1 aromatic rings. The van der Waals surface area contributed by atoms with Gasteiger partial charge in [0.15, 0.2) is 5.16 Å². The quantitative estimate of drug-likeness (QED) is 0.863. The van der Waals surface area contributed by atoms with Crippen LogP contribution in [0.1, 0.15) is 33.6 Å². The van der Waals surface area contributed by atoms with Crippen molar-refractivity contribution in [1.29, 1.82) is 0 Å². The van der Waals surface area contributed by atoms with E-state index < -0.39 is 11.2 Å². The van der Waals surface area contributed by atoms with Gasteiger partial charge in [0.25, 0.3) is 0 Å². The van der Waals surface area contributed by atoms with Crippen LogP contribution in [-0.4, -0.2) is 55.7 Å². The number of aromatic nitrogens is 2. The molecule has 0 aliphatic carbocycles. The highest BCUT2D eigenvalue weighted by Crippen LogP contribution is 2.29. The zero-order valence-electron chi connectivity index (χ0n) is 13.7. The topological polar surface area (TPSA) is 67.6 Å². The molecule has 1 N–H and O–H groups in total. The van der Waals surface area contributed by atoms with Crippen molar-refractivity contribution in [3.8, 4) is 0 Å². The monoisotopic (exact) mass is 327 g/mol. The largest absolute Gasteiger partial charge is 0.444 e. The summed E-state index contributed by atoms with van der Waals surface area (Å²) in [6, 6.07) is 0. The number of likely N-dealkylation sites (tertiary alicyclic amines) is 1. The first-order valence-electron chi connectivity index (χ1n) is 7.49. The van der Waals surface area contributed by atoms with Gasteiger partial charge in [-0.25, -0.2) is 9.78 Å². The van der Waals surface area contributed by atoms with Crippen LogP contribution in [0.3, 0.4) is 0 Å². The predicted octanol–water partition coefficient (Wildman–Crippen LogP) is 2.27. The van der Waals surface area contributed by atoms with Crippen molar-refractivity contribution < 1.29 is 14.6 Å². The van der Waals surface area contributed by atoms with Gasteiger partial charge in [0.05, 0.1) is 5.60 Å². The highest BCUT2D eigenvalue weighted by atomic mass is 32.2. The van der Waals surface area contributed by atoms with Crippen LogP contribution in [0.5, 0.6) is 0 Å². The Kier molecular flexibility index (Phi) is 5.07. The molecule has 7 heteroatoms. The fraction of sp³-hybridized carbons (Fsp3) is 0.733. The molecular formula is C15H25N3O3S. The fourth-order valence-electron chi connectivity index (χ4n) is 2.27. The highest BCUT2D eigenvalue weighted by Gasteiger charge is 2.35. The molecule has 0 saturated carbocycles. The predicted molar refractivity (Wildman–Crippen MR) is 85.9 cm³/mol. The maximum absolute atomic E-state index is 12.0. The van der Waals surface area contributed by atoms with Crippen LogP contribution in [-0.2, 0) is 11.8 Å². The van der Waals surface area contributed by atoms with Gasteiger partial charge in [-0.15, -0.1) is 0 Å². The lowest BCUT2D eigenvalue weighted by molar-refractivity contribution is -0.0190. The summed E-state index contributed by atoms with van der Waals surface area (Å²) in [5.41, 5.74) is -1.24. The van der Waals surface area contributed by atoms with E-state index in [1.54, 1.807) is 22.9 Å². The maximum Gasteiger partial charge on any atom is 0.410 e. The van der Waals surface area contributed by atoms with Crippen molar-refractivity contribution in [3.63, 3.8) is 0 Å². The molecule has 0 bridgehead atoms. The summed E-state index contributed by atoms with van der Waals surface area (Å²) in [4.78, 5) is 17.9. The van der Waals surface area contributed by atoms with E-state index in [4.69, 9.17) is 4.74 Å². The summed E-state index contributed by atoms with van der Waals surface area (Å²) in [7, 11) is 1.94. The molecule has 0 atom stereocenters. The van der Waals surface area contributed by atoms with Crippen LogP contribution in [0.2, 0.25) is 0 Å². The van der Waals surface area contributed by atoms with Gasteiger partial charge in [0.2, 0.25) is 0 Å². The van der Waals surface area contributed by atoms with Gasteiger partial charge in [-0.2, -0.15) is 0 Å². The first kappa shape index (κ1) is 17.1. The van der Waals surface area contributed by atoms with E-state index in [0.717, 1.165) is 5.16 Å². The number of rotatable bonds is 3. The second kappa shape index (κ2) is 6.50. The second-order valence-corrected chi connectivity index (χ2v) is 7.74. The molecule has 1 aliphatic rings. The SMILES string of the molecule is Cn1ccnc1SCC1(O)CCN(C(=O)OC(C)(C)C)CC1. The smallest absolute Gasteiger partial charge is 0.410 e. The van der Waals surface area contributed by atoms with Crippen molar-refractivity contribution in [2.75, 3.05) is 18.8 Å². The Balaban J connectivity index is 1.83. The number of ether oxygens (including phenoxy) is 1. The Morgan fingerprint density at radius 1 is 1.45 bits per heavy atom. The number of aliphatic hydroxyl groups is 1.